The lowest BCUT2D eigenvalue weighted by atomic mass is 10.2. The molecule has 0 radical (unpaired) electrons. The van der Waals surface area contributed by atoms with Gasteiger partial charge in [0.15, 0.2) is 0 Å². The van der Waals surface area contributed by atoms with E-state index in [1.54, 1.807) is 24.0 Å². The Kier molecular flexibility index (Phi) is 4.28. The molecule has 0 aliphatic carbocycles. The van der Waals surface area contributed by atoms with Crippen LogP contribution in [0.1, 0.15) is 20.3 Å². The molecule has 1 N–H and O–H groups in total. The van der Waals surface area contributed by atoms with E-state index < -0.39 is 12.0 Å². The van der Waals surface area contributed by atoms with Gasteiger partial charge in [0.05, 0.1) is 0 Å². The molecule has 1 atom stereocenters. The fraction of sp³-hybridized carbons (Fsp3) is 0.417. The van der Waals surface area contributed by atoms with Gasteiger partial charge in [-0.25, -0.2) is 9.18 Å². The largest absolute Gasteiger partial charge is 0.480 e. The number of hydrogen-bond acceptors (Lipinski definition) is 2. The first-order valence-electron chi connectivity index (χ1n) is 5.31. The summed E-state index contributed by atoms with van der Waals surface area (Å²) in [5.41, 5.74) is 0.734. The Balaban J connectivity index is 2.92. The van der Waals surface area contributed by atoms with E-state index in [0.29, 0.717) is 6.54 Å². The molecule has 1 aromatic rings. The van der Waals surface area contributed by atoms with Crippen molar-refractivity contribution in [1.82, 2.24) is 0 Å². The van der Waals surface area contributed by atoms with Crippen molar-refractivity contribution in [2.75, 3.05) is 11.4 Å². The predicted molar refractivity (Wildman–Crippen MR) is 61.1 cm³/mol. The average Bonchev–Trinajstić information content (AvgIpc) is 2.26. The summed E-state index contributed by atoms with van der Waals surface area (Å²) in [6, 6.07) is 5.28. The second-order valence-electron chi connectivity index (χ2n) is 3.68. The fourth-order valence-electron chi connectivity index (χ4n) is 1.55. The molecule has 16 heavy (non-hydrogen) atoms. The van der Waals surface area contributed by atoms with Crippen LogP contribution in [0.4, 0.5) is 10.1 Å². The SMILES string of the molecule is CCCN(c1ccc(F)cc1)[C@@H](C)C(=O)O. The van der Waals surface area contributed by atoms with Crippen LogP contribution in [0.5, 0.6) is 0 Å². The Morgan fingerprint density at radius 2 is 2.00 bits per heavy atom. The Hall–Kier alpha value is -1.58. The number of carboxylic acids is 1. The molecule has 0 aromatic heterocycles. The Labute approximate surface area is 94.5 Å². The lowest BCUT2D eigenvalue weighted by Gasteiger charge is -2.28. The van der Waals surface area contributed by atoms with E-state index >= 15 is 0 Å². The highest BCUT2D eigenvalue weighted by atomic mass is 19.1. The molecule has 0 unspecified atom stereocenters. The van der Waals surface area contributed by atoms with E-state index in [1.165, 1.54) is 12.1 Å². The summed E-state index contributed by atoms with van der Waals surface area (Å²) in [6.07, 6.45) is 0.842. The highest BCUT2D eigenvalue weighted by Gasteiger charge is 2.19. The van der Waals surface area contributed by atoms with Crippen LogP contribution in [0.3, 0.4) is 0 Å². The van der Waals surface area contributed by atoms with E-state index in [9.17, 15) is 9.18 Å². The van der Waals surface area contributed by atoms with Crippen molar-refractivity contribution in [3.8, 4) is 0 Å². The second kappa shape index (κ2) is 5.49. The summed E-state index contributed by atoms with van der Waals surface area (Å²) in [5, 5.41) is 8.98. The fourth-order valence-corrected chi connectivity index (χ4v) is 1.55. The quantitative estimate of drug-likeness (QED) is 0.837. The number of anilines is 1. The van der Waals surface area contributed by atoms with Crippen LogP contribution in [0.2, 0.25) is 0 Å². The molecule has 0 bridgehead atoms. The summed E-state index contributed by atoms with van der Waals surface area (Å²) in [6.45, 7) is 4.24. The van der Waals surface area contributed by atoms with Crippen LogP contribution in [0, 0.1) is 5.82 Å². The third-order valence-electron chi connectivity index (χ3n) is 2.45. The lowest BCUT2D eigenvalue weighted by Crippen LogP contribution is -2.39. The first kappa shape index (κ1) is 12.5. The summed E-state index contributed by atoms with van der Waals surface area (Å²) < 4.78 is 12.8. The molecule has 4 heteroatoms. The van der Waals surface area contributed by atoms with Gasteiger partial charge in [-0.2, -0.15) is 0 Å². The molecule has 0 fully saturated rings. The zero-order valence-electron chi connectivity index (χ0n) is 9.48. The number of halogens is 1. The number of hydrogen-bond donors (Lipinski definition) is 1. The van der Waals surface area contributed by atoms with Crippen molar-refractivity contribution in [2.45, 2.75) is 26.3 Å². The van der Waals surface area contributed by atoms with E-state index in [1.807, 2.05) is 6.92 Å². The Morgan fingerprint density at radius 1 is 1.44 bits per heavy atom. The summed E-state index contributed by atoms with van der Waals surface area (Å²) in [5.74, 6) is -1.19. The molecule has 0 aliphatic heterocycles. The van der Waals surface area contributed by atoms with E-state index in [2.05, 4.69) is 0 Å². The molecule has 1 rings (SSSR count). The molecule has 88 valence electrons. The summed E-state index contributed by atoms with van der Waals surface area (Å²) in [4.78, 5) is 12.7. The first-order valence-corrected chi connectivity index (χ1v) is 5.31. The number of nitrogens with zero attached hydrogens (tertiary/aromatic N) is 1. The van der Waals surface area contributed by atoms with Gasteiger partial charge in [0, 0.05) is 12.2 Å². The van der Waals surface area contributed by atoms with Gasteiger partial charge in [0.1, 0.15) is 11.9 Å². The highest BCUT2D eigenvalue weighted by Crippen LogP contribution is 2.18. The van der Waals surface area contributed by atoms with Gasteiger partial charge >= 0.3 is 5.97 Å². The third-order valence-corrected chi connectivity index (χ3v) is 2.45. The molecular weight excluding hydrogens is 209 g/mol. The maximum absolute atomic E-state index is 12.8. The van der Waals surface area contributed by atoms with E-state index in [-0.39, 0.29) is 5.82 Å². The zero-order valence-corrected chi connectivity index (χ0v) is 9.48. The van der Waals surface area contributed by atoms with Gasteiger partial charge < -0.3 is 10.0 Å². The van der Waals surface area contributed by atoms with Crippen LogP contribution in [0.15, 0.2) is 24.3 Å². The minimum absolute atomic E-state index is 0.317. The topological polar surface area (TPSA) is 40.5 Å². The van der Waals surface area contributed by atoms with Gasteiger partial charge in [-0.3, -0.25) is 0 Å². The van der Waals surface area contributed by atoms with Crippen molar-refractivity contribution in [3.63, 3.8) is 0 Å². The Morgan fingerprint density at radius 3 is 2.44 bits per heavy atom. The molecule has 0 aliphatic rings. The van der Waals surface area contributed by atoms with Crippen LogP contribution < -0.4 is 4.90 Å². The zero-order chi connectivity index (χ0) is 12.1. The van der Waals surface area contributed by atoms with Gasteiger partial charge in [0.2, 0.25) is 0 Å². The highest BCUT2D eigenvalue weighted by molar-refractivity contribution is 5.77. The molecule has 0 spiro atoms. The van der Waals surface area contributed by atoms with Gasteiger partial charge in [-0.1, -0.05) is 6.92 Å². The van der Waals surface area contributed by atoms with Crippen molar-refractivity contribution < 1.29 is 14.3 Å². The Bertz CT molecular complexity index is 351. The average molecular weight is 225 g/mol. The van der Waals surface area contributed by atoms with Crippen LogP contribution >= 0.6 is 0 Å². The molecule has 0 saturated carbocycles. The molecule has 0 amide bonds. The second-order valence-corrected chi connectivity index (χ2v) is 3.68. The number of rotatable bonds is 5. The van der Waals surface area contributed by atoms with Crippen molar-refractivity contribution in [1.29, 1.82) is 0 Å². The van der Waals surface area contributed by atoms with Crippen LogP contribution in [0.25, 0.3) is 0 Å². The normalized spacial score (nSPS) is 12.2. The summed E-state index contributed by atoms with van der Waals surface area (Å²) >= 11 is 0. The van der Waals surface area contributed by atoms with Crippen LogP contribution in [-0.2, 0) is 4.79 Å². The third kappa shape index (κ3) is 2.95. The number of carbonyl (C=O) groups is 1. The molecule has 1 aromatic carbocycles. The maximum Gasteiger partial charge on any atom is 0.326 e. The van der Waals surface area contributed by atoms with Crippen molar-refractivity contribution in [3.05, 3.63) is 30.1 Å². The minimum atomic E-state index is -0.877. The molecular formula is C12H16FNO2. The van der Waals surface area contributed by atoms with Crippen LogP contribution in [-0.4, -0.2) is 23.7 Å². The number of aliphatic carboxylic acids is 1. The molecule has 0 saturated heterocycles. The van der Waals surface area contributed by atoms with E-state index in [4.69, 9.17) is 5.11 Å². The number of carboxylic acid groups (broad SMARTS) is 1. The summed E-state index contributed by atoms with van der Waals surface area (Å²) in [7, 11) is 0. The van der Waals surface area contributed by atoms with Gasteiger partial charge in [-0.05, 0) is 37.6 Å². The standard InChI is InChI=1S/C12H16FNO2/c1-3-8-14(9(2)12(15)16)11-6-4-10(13)5-7-11/h4-7,9H,3,8H2,1-2H3,(H,15,16)/t9-/m0/s1. The van der Waals surface area contributed by atoms with E-state index in [0.717, 1.165) is 12.1 Å². The number of benzene rings is 1. The monoisotopic (exact) mass is 225 g/mol. The molecule has 3 nitrogen and oxygen atoms in total. The van der Waals surface area contributed by atoms with Crippen molar-refractivity contribution in [2.24, 2.45) is 0 Å². The van der Waals surface area contributed by atoms with Gasteiger partial charge in [0.25, 0.3) is 0 Å². The first-order chi connectivity index (χ1) is 7.56. The minimum Gasteiger partial charge on any atom is -0.480 e. The lowest BCUT2D eigenvalue weighted by molar-refractivity contribution is -0.138. The maximum atomic E-state index is 12.8. The van der Waals surface area contributed by atoms with Crippen molar-refractivity contribution >= 4 is 11.7 Å². The molecule has 0 heterocycles. The smallest absolute Gasteiger partial charge is 0.326 e. The van der Waals surface area contributed by atoms with Gasteiger partial charge in [-0.15, -0.1) is 0 Å². The predicted octanol–water partition coefficient (Wildman–Crippen LogP) is 2.52.